The molecule has 1 fully saturated rings. The molecule has 1 unspecified atom stereocenters. The van der Waals surface area contributed by atoms with Crippen LogP contribution in [-0.4, -0.2) is 44.0 Å². The van der Waals surface area contributed by atoms with Gasteiger partial charge in [0.05, 0.1) is 12.0 Å². The van der Waals surface area contributed by atoms with E-state index in [1.54, 1.807) is 0 Å². The van der Waals surface area contributed by atoms with Crippen molar-refractivity contribution in [2.45, 2.75) is 31.1 Å². The van der Waals surface area contributed by atoms with Gasteiger partial charge in [-0.3, -0.25) is 4.79 Å². The van der Waals surface area contributed by atoms with E-state index in [1.165, 1.54) is 30.5 Å². The van der Waals surface area contributed by atoms with Gasteiger partial charge in [-0.2, -0.15) is 4.31 Å². The van der Waals surface area contributed by atoms with E-state index in [0.717, 1.165) is 0 Å². The van der Waals surface area contributed by atoms with Crippen LogP contribution in [0.25, 0.3) is 0 Å². The molecule has 0 saturated carbocycles. The highest BCUT2D eigenvalue weighted by atomic mass is 32.2. The van der Waals surface area contributed by atoms with Gasteiger partial charge < -0.3 is 9.84 Å². The largest absolute Gasteiger partial charge is 0.494 e. The molecule has 1 saturated heterocycles. The lowest BCUT2D eigenvalue weighted by Gasteiger charge is -2.31. The summed E-state index contributed by atoms with van der Waals surface area (Å²) in [6, 6.07) is 2.61. The zero-order chi connectivity index (χ0) is 17.2. The summed E-state index contributed by atoms with van der Waals surface area (Å²) in [6.07, 6.45) is 1.20. The third-order valence-corrected chi connectivity index (χ3v) is 6.09. The number of carboxylic acid groups (broad SMARTS) is 1. The predicted octanol–water partition coefficient (Wildman–Crippen LogP) is 2.02. The van der Waals surface area contributed by atoms with Crippen molar-refractivity contribution in [2.24, 2.45) is 5.92 Å². The van der Waals surface area contributed by atoms with Gasteiger partial charge in [-0.15, -0.1) is 0 Å². The van der Waals surface area contributed by atoms with Gasteiger partial charge in [0.15, 0.2) is 11.6 Å². The van der Waals surface area contributed by atoms with Crippen LogP contribution in [-0.2, 0) is 14.8 Å². The average molecular weight is 345 g/mol. The zero-order valence-electron chi connectivity index (χ0n) is 13.1. The van der Waals surface area contributed by atoms with Crippen LogP contribution in [0.1, 0.15) is 24.8 Å². The number of rotatable bonds is 5. The number of sulfonamides is 1. The van der Waals surface area contributed by atoms with Gasteiger partial charge in [-0.1, -0.05) is 0 Å². The molecule has 0 amide bonds. The summed E-state index contributed by atoms with van der Waals surface area (Å²) >= 11 is 0. The second-order valence-corrected chi connectivity index (χ2v) is 7.58. The number of hydrogen-bond acceptors (Lipinski definition) is 4. The molecular formula is C15H20FNO5S. The number of nitrogens with zero attached hydrogens (tertiary/aromatic N) is 1. The average Bonchev–Trinajstić information content (AvgIpc) is 2.49. The van der Waals surface area contributed by atoms with E-state index >= 15 is 0 Å². The molecule has 1 aliphatic heterocycles. The van der Waals surface area contributed by atoms with Crippen LogP contribution in [0.15, 0.2) is 17.0 Å². The summed E-state index contributed by atoms with van der Waals surface area (Å²) in [5, 5.41) is 8.88. The quantitative estimate of drug-likeness (QED) is 0.883. The Morgan fingerprint density at radius 2 is 2.17 bits per heavy atom. The fraction of sp³-hybridized carbons (Fsp3) is 0.533. The Balaban J connectivity index is 2.31. The van der Waals surface area contributed by atoms with E-state index in [4.69, 9.17) is 9.84 Å². The van der Waals surface area contributed by atoms with Crippen molar-refractivity contribution in [1.82, 2.24) is 4.31 Å². The maximum atomic E-state index is 14.1. The van der Waals surface area contributed by atoms with Crippen molar-refractivity contribution < 1.29 is 27.4 Å². The molecule has 0 spiro atoms. The maximum absolute atomic E-state index is 14.1. The lowest BCUT2D eigenvalue weighted by molar-refractivity contribution is -0.138. The number of methoxy groups -OCH3 is 1. The summed E-state index contributed by atoms with van der Waals surface area (Å²) in [7, 11) is -2.55. The Kier molecular flexibility index (Phi) is 5.26. The number of ether oxygens (including phenoxy) is 1. The Labute approximate surface area is 134 Å². The Morgan fingerprint density at radius 1 is 1.48 bits per heavy atom. The van der Waals surface area contributed by atoms with Gasteiger partial charge in [0.1, 0.15) is 0 Å². The van der Waals surface area contributed by atoms with Crippen molar-refractivity contribution in [3.05, 3.63) is 23.5 Å². The topological polar surface area (TPSA) is 83.9 Å². The molecule has 2 rings (SSSR count). The predicted molar refractivity (Wildman–Crippen MR) is 81.4 cm³/mol. The molecule has 1 aromatic carbocycles. The first-order valence-corrected chi connectivity index (χ1v) is 8.76. The first-order valence-electron chi connectivity index (χ1n) is 7.32. The van der Waals surface area contributed by atoms with Gasteiger partial charge in [0, 0.05) is 25.1 Å². The SMILES string of the molecule is COc1ccc(S(=O)(=O)N2CCCC(CC(=O)O)C2)c(C)c1F. The molecule has 0 radical (unpaired) electrons. The first kappa shape index (κ1) is 17.7. The Bertz CT molecular complexity index is 704. The van der Waals surface area contributed by atoms with Crippen LogP contribution < -0.4 is 4.74 Å². The van der Waals surface area contributed by atoms with Crippen LogP contribution in [0, 0.1) is 18.7 Å². The molecule has 0 aromatic heterocycles. The minimum atomic E-state index is -3.86. The minimum Gasteiger partial charge on any atom is -0.494 e. The van der Waals surface area contributed by atoms with Crippen molar-refractivity contribution >= 4 is 16.0 Å². The van der Waals surface area contributed by atoms with Crippen LogP contribution in [0.4, 0.5) is 4.39 Å². The molecular weight excluding hydrogens is 325 g/mol. The van der Waals surface area contributed by atoms with E-state index in [-0.39, 0.29) is 35.1 Å². The first-order chi connectivity index (χ1) is 10.8. The molecule has 1 atom stereocenters. The number of halogens is 1. The Morgan fingerprint density at radius 3 is 2.78 bits per heavy atom. The standard InChI is InChI=1S/C15H20FNO5S/c1-10-13(6-5-12(22-2)15(10)16)23(20,21)17-7-3-4-11(9-17)8-14(18)19/h5-6,11H,3-4,7-9H2,1-2H3,(H,18,19). The fourth-order valence-electron chi connectivity index (χ4n) is 2.88. The summed E-state index contributed by atoms with van der Waals surface area (Å²) in [5.74, 6) is -1.88. The fourth-order valence-corrected chi connectivity index (χ4v) is 4.65. The highest BCUT2D eigenvalue weighted by Crippen LogP contribution is 2.30. The molecule has 6 nitrogen and oxygen atoms in total. The lowest BCUT2D eigenvalue weighted by atomic mass is 9.96. The van der Waals surface area contributed by atoms with Gasteiger partial charge >= 0.3 is 5.97 Å². The molecule has 1 N–H and O–H groups in total. The highest BCUT2D eigenvalue weighted by molar-refractivity contribution is 7.89. The molecule has 8 heteroatoms. The van der Waals surface area contributed by atoms with Crippen molar-refractivity contribution in [3.63, 3.8) is 0 Å². The maximum Gasteiger partial charge on any atom is 0.303 e. The second-order valence-electron chi connectivity index (χ2n) is 5.67. The van der Waals surface area contributed by atoms with Gasteiger partial charge in [-0.05, 0) is 37.8 Å². The van der Waals surface area contributed by atoms with Crippen LogP contribution in [0.2, 0.25) is 0 Å². The van der Waals surface area contributed by atoms with E-state index in [2.05, 4.69) is 0 Å². The summed E-state index contributed by atoms with van der Waals surface area (Å²) in [4.78, 5) is 10.7. The second kappa shape index (κ2) is 6.84. The minimum absolute atomic E-state index is 0.00436. The summed E-state index contributed by atoms with van der Waals surface area (Å²) in [6.45, 7) is 1.84. The van der Waals surface area contributed by atoms with Gasteiger partial charge in [0.2, 0.25) is 10.0 Å². The van der Waals surface area contributed by atoms with Gasteiger partial charge in [-0.25, -0.2) is 12.8 Å². The van der Waals surface area contributed by atoms with E-state index < -0.39 is 21.8 Å². The van der Waals surface area contributed by atoms with Gasteiger partial charge in [0.25, 0.3) is 0 Å². The van der Waals surface area contributed by atoms with Crippen LogP contribution in [0.3, 0.4) is 0 Å². The number of piperidine rings is 1. The summed E-state index contributed by atoms with van der Waals surface area (Å²) < 4.78 is 45.7. The number of hydrogen-bond donors (Lipinski definition) is 1. The van der Waals surface area contributed by atoms with Crippen LogP contribution in [0.5, 0.6) is 5.75 Å². The van der Waals surface area contributed by atoms with Crippen molar-refractivity contribution in [2.75, 3.05) is 20.2 Å². The number of carbonyl (C=O) groups is 1. The molecule has 128 valence electrons. The van der Waals surface area contributed by atoms with E-state index in [0.29, 0.717) is 19.4 Å². The number of benzene rings is 1. The molecule has 0 aliphatic carbocycles. The molecule has 1 aromatic rings. The third-order valence-electron chi connectivity index (χ3n) is 4.08. The smallest absolute Gasteiger partial charge is 0.303 e. The molecule has 1 heterocycles. The third kappa shape index (κ3) is 3.64. The van der Waals surface area contributed by atoms with E-state index in [1.807, 2.05) is 0 Å². The number of aliphatic carboxylic acids is 1. The highest BCUT2D eigenvalue weighted by Gasteiger charge is 2.33. The lowest BCUT2D eigenvalue weighted by Crippen LogP contribution is -2.40. The molecule has 0 bridgehead atoms. The van der Waals surface area contributed by atoms with Crippen molar-refractivity contribution in [3.8, 4) is 5.75 Å². The summed E-state index contributed by atoms with van der Waals surface area (Å²) in [5.41, 5.74) is 0.00436. The molecule has 1 aliphatic rings. The van der Waals surface area contributed by atoms with Crippen LogP contribution >= 0.6 is 0 Å². The Hall–Kier alpha value is -1.67. The molecule has 23 heavy (non-hydrogen) atoms. The van der Waals surface area contributed by atoms with Crippen molar-refractivity contribution in [1.29, 1.82) is 0 Å². The number of carboxylic acids is 1. The normalized spacial score (nSPS) is 19.5. The zero-order valence-corrected chi connectivity index (χ0v) is 13.9. The van der Waals surface area contributed by atoms with E-state index in [9.17, 15) is 17.6 Å². The monoisotopic (exact) mass is 345 g/mol.